The average molecular weight is 177 g/mol. The highest BCUT2D eigenvalue weighted by Gasteiger charge is 2.09. The molecule has 3 nitrogen and oxygen atoms in total. The third-order valence-electron chi connectivity index (χ3n) is 1.76. The predicted octanol–water partition coefficient (Wildman–Crippen LogP) is 2.71. The van der Waals surface area contributed by atoms with E-state index in [4.69, 9.17) is 0 Å². The Morgan fingerprint density at radius 2 is 2.15 bits per heavy atom. The number of para-hydroxylation sites is 1. The van der Waals surface area contributed by atoms with Gasteiger partial charge in [0.05, 0.1) is 4.92 Å². The van der Waals surface area contributed by atoms with Crippen LogP contribution in [0.25, 0.3) is 0 Å². The number of hydrogen-bond donors (Lipinski definition) is 0. The minimum Gasteiger partial charge on any atom is -0.258 e. The molecular formula is C10H11NO2. The summed E-state index contributed by atoms with van der Waals surface area (Å²) in [6.45, 7) is 1.90. The second-order valence-electron chi connectivity index (χ2n) is 2.66. The van der Waals surface area contributed by atoms with Crippen molar-refractivity contribution in [3.8, 4) is 0 Å². The summed E-state index contributed by atoms with van der Waals surface area (Å²) in [6, 6.07) is 6.79. The van der Waals surface area contributed by atoms with Gasteiger partial charge in [-0.15, -0.1) is 0 Å². The first kappa shape index (κ1) is 9.45. The summed E-state index contributed by atoms with van der Waals surface area (Å²) in [5.41, 5.74) is 0.950. The van der Waals surface area contributed by atoms with Gasteiger partial charge in [-0.3, -0.25) is 10.1 Å². The van der Waals surface area contributed by atoms with Crippen molar-refractivity contribution in [3.05, 3.63) is 52.1 Å². The molecule has 0 radical (unpaired) electrons. The Hall–Kier alpha value is -1.64. The second kappa shape index (κ2) is 4.40. The van der Waals surface area contributed by atoms with Gasteiger partial charge in [0.1, 0.15) is 0 Å². The monoisotopic (exact) mass is 177 g/mol. The van der Waals surface area contributed by atoms with Crippen LogP contribution in [-0.4, -0.2) is 4.92 Å². The lowest BCUT2D eigenvalue weighted by atomic mass is 10.1. The smallest absolute Gasteiger partial charge is 0.258 e. The zero-order valence-corrected chi connectivity index (χ0v) is 7.43. The molecule has 0 amide bonds. The number of allylic oxidation sites excluding steroid dienone is 2. The normalized spacial score (nSPS) is 10.5. The van der Waals surface area contributed by atoms with Crippen molar-refractivity contribution in [1.82, 2.24) is 0 Å². The Morgan fingerprint density at radius 1 is 1.46 bits per heavy atom. The molecule has 1 aromatic rings. The number of rotatable bonds is 3. The lowest BCUT2D eigenvalue weighted by Crippen LogP contribution is -1.93. The first-order valence-corrected chi connectivity index (χ1v) is 4.09. The van der Waals surface area contributed by atoms with Crippen molar-refractivity contribution >= 4 is 5.69 Å². The molecule has 68 valence electrons. The van der Waals surface area contributed by atoms with Crippen LogP contribution in [0.3, 0.4) is 0 Å². The van der Waals surface area contributed by atoms with E-state index in [1.165, 1.54) is 6.07 Å². The Morgan fingerprint density at radius 3 is 2.77 bits per heavy atom. The van der Waals surface area contributed by atoms with Gasteiger partial charge in [0.2, 0.25) is 0 Å². The lowest BCUT2D eigenvalue weighted by molar-refractivity contribution is -0.385. The van der Waals surface area contributed by atoms with Gasteiger partial charge in [0.25, 0.3) is 5.69 Å². The summed E-state index contributed by atoms with van der Waals surface area (Å²) in [7, 11) is 0. The van der Waals surface area contributed by atoms with Crippen LogP contribution in [0.2, 0.25) is 0 Å². The van der Waals surface area contributed by atoms with Gasteiger partial charge < -0.3 is 0 Å². The van der Waals surface area contributed by atoms with Gasteiger partial charge in [-0.25, -0.2) is 0 Å². The van der Waals surface area contributed by atoms with Crippen LogP contribution < -0.4 is 0 Å². The molecule has 0 fully saturated rings. The highest BCUT2D eigenvalue weighted by Crippen LogP contribution is 2.18. The van der Waals surface area contributed by atoms with Gasteiger partial charge in [0, 0.05) is 11.6 Å². The number of nitro groups is 1. The van der Waals surface area contributed by atoms with E-state index in [0.29, 0.717) is 6.42 Å². The van der Waals surface area contributed by atoms with E-state index in [1.807, 2.05) is 25.1 Å². The lowest BCUT2D eigenvalue weighted by Gasteiger charge is -1.97. The molecule has 0 saturated heterocycles. The molecule has 0 aliphatic rings. The van der Waals surface area contributed by atoms with Crippen molar-refractivity contribution in [1.29, 1.82) is 0 Å². The Bertz CT molecular complexity index is 331. The number of hydrogen-bond acceptors (Lipinski definition) is 2. The summed E-state index contributed by atoms with van der Waals surface area (Å²) in [6.07, 6.45) is 4.41. The molecule has 1 aromatic carbocycles. The first-order valence-electron chi connectivity index (χ1n) is 4.09. The van der Waals surface area contributed by atoms with Crippen LogP contribution >= 0.6 is 0 Å². The standard InChI is InChI=1S/C10H11NO2/c1-2-3-6-9-7-4-5-8-10(9)11(12)13/h2-5,7-8H,6H2,1H3/b3-2+. The average Bonchev–Trinajstić information content (AvgIpc) is 2.15. The molecule has 0 saturated carbocycles. The van der Waals surface area contributed by atoms with Crippen LogP contribution in [0.5, 0.6) is 0 Å². The van der Waals surface area contributed by atoms with Gasteiger partial charge in [-0.2, -0.15) is 0 Å². The van der Waals surface area contributed by atoms with Gasteiger partial charge in [-0.05, 0) is 13.3 Å². The fourth-order valence-corrected chi connectivity index (χ4v) is 1.11. The van der Waals surface area contributed by atoms with Crippen molar-refractivity contribution in [3.63, 3.8) is 0 Å². The molecule has 0 aliphatic heterocycles. The maximum Gasteiger partial charge on any atom is 0.272 e. The molecule has 0 unspecified atom stereocenters. The Labute approximate surface area is 76.9 Å². The number of nitrogens with zero attached hydrogens (tertiary/aromatic N) is 1. The quantitative estimate of drug-likeness (QED) is 0.404. The van der Waals surface area contributed by atoms with Gasteiger partial charge in [-0.1, -0.05) is 30.4 Å². The van der Waals surface area contributed by atoms with E-state index in [1.54, 1.807) is 12.1 Å². The molecule has 0 bridgehead atoms. The summed E-state index contributed by atoms with van der Waals surface area (Å²) in [5, 5.41) is 10.6. The molecular weight excluding hydrogens is 166 g/mol. The third-order valence-corrected chi connectivity index (χ3v) is 1.76. The first-order chi connectivity index (χ1) is 6.25. The molecule has 0 aromatic heterocycles. The number of nitro benzene ring substituents is 1. The second-order valence-corrected chi connectivity index (χ2v) is 2.66. The molecule has 1 rings (SSSR count). The maximum atomic E-state index is 10.6. The molecule has 0 N–H and O–H groups in total. The highest BCUT2D eigenvalue weighted by molar-refractivity contribution is 5.40. The summed E-state index contributed by atoms with van der Waals surface area (Å²) >= 11 is 0. The van der Waals surface area contributed by atoms with Gasteiger partial charge in [0.15, 0.2) is 0 Å². The van der Waals surface area contributed by atoms with E-state index >= 15 is 0 Å². The number of benzene rings is 1. The van der Waals surface area contributed by atoms with Crippen molar-refractivity contribution in [2.24, 2.45) is 0 Å². The molecule has 0 spiro atoms. The van der Waals surface area contributed by atoms with E-state index in [-0.39, 0.29) is 10.6 Å². The SMILES string of the molecule is C/C=C/Cc1ccccc1[N+](=O)[O-]. The van der Waals surface area contributed by atoms with Crippen molar-refractivity contribution in [2.75, 3.05) is 0 Å². The third kappa shape index (κ3) is 2.40. The van der Waals surface area contributed by atoms with Crippen LogP contribution in [0.15, 0.2) is 36.4 Å². The summed E-state index contributed by atoms with van der Waals surface area (Å²) in [4.78, 5) is 10.2. The van der Waals surface area contributed by atoms with Crippen molar-refractivity contribution < 1.29 is 4.92 Å². The van der Waals surface area contributed by atoms with Crippen LogP contribution in [-0.2, 0) is 6.42 Å². The van der Waals surface area contributed by atoms with Crippen LogP contribution in [0, 0.1) is 10.1 Å². The predicted molar refractivity (Wildman–Crippen MR) is 51.6 cm³/mol. The fourth-order valence-electron chi connectivity index (χ4n) is 1.11. The van der Waals surface area contributed by atoms with E-state index in [0.717, 1.165) is 5.56 Å². The minimum absolute atomic E-state index is 0.195. The molecule has 3 heteroatoms. The summed E-state index contributed by atoms with van der Waals surface area (Å²) in [5.74, 6) is 0. The topological polar surface area (TPSA) is 43.1 Å². The zero-order valence-electron chi connectivity index (χ0n) is 7.43. The molecule has 0 aliphatic carbocycles. The maximum absolute atomic E-state index is 10.6. The summed E-state index contributed by atoms with van der Waals surface area (Å²) < 4.78 is 0. The Balaban J connectivity index is 2.97. The minimum atomic E-state index is -0.348. The largest absolute Gasteiger partial charge is 0.272 e. The fraction of sp³-hybridized carbons (Fsp3) is 0.200. The Kier molecular flexibility index (Phi) is 3.20. The highest BCUT2D eigenvalue weighted by atomic mass is 16.6. The van der Waals surface area contributed by atoms with E-state index in [9.17, 15) is 10.1 Å². The van der Waals surface area contributed by atoms with Crippen LogP contribution in [0.1, 0.15) is 12.5 Å². The van der Waals surface area contributed by atoms with Crippen molar-refractivity contribution in [2.45, 2.75) is 13.3 Å². The van der Waals surface area contributed by atoms with E-state index < -0.39 is 0 Å². The van der Waals surface area contributed by atoms with E-state index in [2.05, 4.69) is 0 Å². The molecule has 13 heavy (non-hydrogen) atoms. The molecule has 0 atom stereocenters. The van der Waals surface area contributed by atoms with Crippen LogP contribution in [0.4, 0.5) is 5.69 Å². The van der Waals surface area contributed by atoms with Gasteiger partial charge >= 0.3 is 0 Å². The molecule has 0 heterocycles. The zero-order chi connectivity index (χ0) is 9.68.